The molecule has 0 fully saturated rings. The van der Waals surface area contributed by atoms with Crippen molar-refractivity contribution in [2.45, 2.75) is 13.0 Å². The third kappa shape index (κ3) is 1.75. The van der Waals surface area contributed by atoms with Gasteiger partial charge in [-0.05, 0) is 6.92 Å². The number of carboxylic acid groups (broad SMARTS) is 1. The van der Waals surface area contributed by atoms with Crippen molar-refractivity contribution in [1.29, 1.82) is 0 Å². The zero-order valence-corrected chi connectivity index (χ0v) is 4.72. The van der Waals surface area contributed by atoms with Crippen LogP contribution in [0.15, 0.2) is 12.2 Å². The highest BCUT2D eigenvalue weighted by atomic mass is 16.4. The maximum Gasteiger partial charge on any atom is 0.324 e. The third-order valence-corrected chi connectivity index (χ3v) is 0.797. The van der Waals surface area contributed by atoms with E-state index >= 15 is 0 Å². The van der Waals surface area contributed by atoms with Crippen LogP contribution in [0.2, 0.25) is 0 Å². The van der Waals surface area contributed by atoms with Gasteiger partial charge in [0.2, 0.25) is 0 Å². The Hall–Kier alpha value is -0.830. The van der Waals surface area contributed by atoms with Gasteiger partial charge in [0.05, 0.1) is 0 Å². The summed E-state index contributed by atoms with van der Waals surface area (Å²) in [5, 5.41) is 8.17. The van der Waals surface area contributed by atoms with Crippen LogP contribution < -0.4 is 5.73 Å². The normalized spacial score (nSPS) is 12.8. The fraction of sp³-hybridized carbons (Fsp3) is 0.400. The van der Waals surface area contributed by atoms with Gasteiger partial charge in [-0.1, -0.05) is 12.2 Å². The van der Waals surface area contributed by atoms with E-state index in [1.54, 1.807) is 6.92 Å². The predicted molar refractivity (Wildman–Crippen MR) is 30.4 cm³/mol. The zero-order valence-electron chi connectivity index (χ0n) is 4.72. The molecule has 3 N–H and O–H groups in total. The van der Waals surface area contributed by atoms with Crippen molar-refractivity contribution in [2.75, 3.05) is 0 Å². The van der Waals surface area contributed by atoms with Crippen molar-refractivity contribution in [3.63, 3.8) is 0 Å². The smallest absolute Gasteiger partial charge is 0.324 e. The molecule has 0 unspecified atom stereocenters. The maximum atomic E-state index is 9.95. The van der Waals surface area contributed by atoms with Gasteiger partial charge in [0.25, 0.3) is 0 Å². The molecule has 1 atom stereocenters. The molecule has 0 aliphatic carbocycles. The highest BCUT2D eigenvalue weighted by molar-refractivity contribution is 5.76. The number of nitrogens with two attached hydrogens (primary N) is 1. The minimum atomic E-state index is -1.03. The molecule has 0 rings (SSSR count). The van der Waals surface area contributed by atoms with Gasteiger partial charge in [-0.3, -0.25) is 4.79 Å². The molecule has 3 heteroatoms. The first kappa shape index (κ1) is 7.17. The second-order valence-electron chi connectivity index (χ2n) is 1.66. The Labute approximate surface area is 47.8 Å². The van der Waals surface area contributed by atoms with Gasteiger partial charge >= 0.3 is 5.97 Å². The van der Waals surface area contributed by atoms with Gasteiger partial charge in [-0.2, -0.15) is 0 Å². The lowest BCUT2D eigenvalue weighted by molar-refractivity contribution is -0.137. The molecular formula is C5H9NO2. The first-order valence-electron chi connectivity index (χ1n) is 2.19. The standard InChI is InChI=1S/C5H9NO2/c1-3(2)4(6)5(7)8/h4H,1,6H2,2H3,(H,7,8)/t4-/m0/s1. The van der Waals surface area contributed by atoms with Crippen LogP contribution in [-0.2, 0) is 4.79 Å². The first-order chi connectivity index (χ1) is 3.55. The van der Waals surface area contributed by atoms with Crippen molar-refractivity contribution in [1.82, 2.24) is 0 Å². The van der Waals surface area contributed by atoms with E-state index in [1.807, 2.05) is 0 Å². The average molecular weight is 115 g/mol. The van der Waals surface area contributed by atoms with E-state index in [0.717, 1.165) is 0 Å². The molecule has 0 aromatic rings. The van der Waals surface area contributed by atoms with Crippen molar-refractivity contribution < 1.29 is 9.90 Å². The summed E-state index contributed by atoms with van der Waals surface area (Å²) >= 11 is 0. The van der Waals surface area contributed by atoms with Crippen LogP contribution >= 0.6 is 0 Å². The number of carboxylic acids is 1. The molecule has 0 heterocycles. The average Bonchev–Trinajstić information content (AvgIpc) is 1.64. The second kappa shape index (κ2) is 2.47. The van der Waals surface area contributed by atoms with Gasteiger partial charge in [0.15, 0.2) is 0 Å². The fourth-order valence-electron chi connectivity index (χ4n) is 0.211. The van der Waals surface area contributed by atoms with Crippen molar-refractivity contribution in [2.24, 2.45) is 5.73 Å². The summed E-state index contributed by atoms with van der Waals surface area (Å²) in [7, 11) is 0. The second-order valence-corrected chi connectivity index (χ2v) is 1.66. The van der Waals surface area contributed by atoms with E-state index in [-0.39, 0.29) is 0 Å². The molecule has 0 aliphatic heterocycles. The molecule has 8 heavy (non-hydrogen) atoms. The van der Waals surface area contributed by atoms with E-state index < -0.39 is 12.0 Å². The van der Waals surface area contributed by atoms with Gasteiger partial charge < -0.3 is 10.8 Å². The number of hydrogen-bond acceptors (Lipinski definition) is 2. The maximum absolute atomic E-state index is 9.95. The van der Waals surface area contributed by atoms with E-state index in [0.29, 0.717) is 5.57 Å². The summed E-state index contributed by atoms with van der Waals surface area (Å²) in [6.07, 6.45) is 0. The quantitative estimate of drug-likeness (QED) is 0.497. The molecular weight excluding hydrogens is 106 g/mol. The Morgan fingerprint density at radius 2 is 2.25 bits per heavy atom. The molecule has 0 saturated carbocycles. The van der Waals surface area contributed by atoms with Gasteiger partial charge in [-0.25, -0.2) is 0 Å². The summed E-state index contributed by atoms with van der Waals surface area (Å²) < 4.78 is 0. The Morgan fingerprint density at radius 1 is 1.88 bits per heavy atom. The lowest BCUT2D eigenvalue weighted by Gasteiger charge is -2.01. The third-order valence-electron chi connectivity index (χ3n) is 0.797. The fourth-order valence-corrected chi connectivity index (χ4v) is 0.211. The van der Waals surface area contributed by atoms with Gasteiger partial charge in [0.1, 0.15) is 6.04 Å². The van der Waals surface area contributed by atoms with Crippen LogP contribution in [0.1, 0.15) is 6.92 Å². The lowest BCUT2D eigenvalue weighted by atomic mass is 10.2. The van der Waals surface area contributed by atoms with Crippen LogP contribution in [-0.4, -0.2) is 17.1 Å². The minimum absolute atomic E-state index is 0.470. The number of aliphatic carboxylic acids is 1. The molecule has 0 radical (unpaired) electrons. The first-order valence-corrected chi connectivity index (χ1v) is 2.19. The molecule has 46 valence electrons. The summed E-state index contributed by atoms with van der Waals surface area (Å²) in [4.78, 5) is 9.95. The summed E-state index contributed by atoms with van der Waals surface area (Å²) in [5.41, 5.74) is 5.53. The largest absolute Gasteiger partial charge is 0.480 e. The molecule has 0 aromatic carbocycles. The van der Waals surface area contributed by atoms with Crippen molar-refractivity contribution in [3.05, 3.63) is 12.2 Å². The Balaban J connectivity index is 3.83. The SMILES string of the molecule is C=C(C)[C@H](N)C(=O)O. The van der Waals surface area contributed by atoms with Crippen LogP contribution in [0.25, 0.3) is 0 Å². The summed E-state index contributed by atoms with van der Waals surface area (Å²) in [6.45, 7) is 4.95. The summed E-state index contributed by atoms with van der Waals surface area (Å²) in [5.74, 6) is -1.03. The molecule has 0 saturated heterocycles. The number of rotatable bonds is 2. The summed E-state index contributed by atoms with van der Waals surface area (Å²) in [6, 6.07) is -0.907. The molecule has 0 bridgehead atoms. The Morgan fingerprint density at radius 3 is 2.25 bits per heavy atom. The van der Waals surface area contributed by atoms with Crippen molar-refractivity contribution in [3.8, 4) is 0 Å². The molecule has 0 amide bonds. The predicted octanol–water partition coefficient (Wildman–Crippen LogP) is -0.0256. The molecule has 0 spiro atoms. The Kier molecular flexibility index (Phi) is 2.21. The van der Waals surface area contributed by atoms with E-state index in [1.165, 1.54) is 0 Å². The Bertz CT molecular complexity index is 106. The zero-order chi connectivity index (χ0) is 6.73. The van der Waals surface area contributed by atoms with E-state index in [4.69, 9.17) is 10.8 Å². The van der Waals surface area contributed by atoms with Crippen LogP contribution in [0.3, 0.4) is 0 Å². The highest BCUT2D eigenvalue weighted by Crippen LogP contribution is 1.91. The van der Waals surface area contributed by atoms with Crippen LogP contribution in [0.5, 0.6) is 0 Å². The van der Waals surface area contributed by atoms with Gasteiger partial charge in [0, 0.05) is 0 Å². The molecule has 0 aliphatic rings. The number of hydrogen-bond donors (Lipinski definition) is 2. The lowest BCUT2D eigenvalue weighted by Crippen LogP contribution is -2.30. The topological polar surface area (TPSA) is 63.3 Å². The monoisotopic (exact) mass is 115 g/mol. The van der Waals surface area contributed by atoms with Crippen molar-refractivity contribution >= 4 is 5.97 Å². The van der Waals surface area contributed by atoms with E-state index in [2.05, 4.69) is 6.58 Å². The molecule has 0 aromatic heterocycles. The minimum Gasteiger partial charge on any atom is -0.480 e. The van der Waals surface area contributed by atoms with E-state index in [9.17, 15) is 4.79 Å². The van der Waals surface area contributed by atoms with Crippen LogP contribution in [0, 0.1) is 0 Å². The molecule has 3 nitrogen and oxygen atoms in total. The highest BCUT2D eigenvalue weighted by Gasteiger charge is 2.09. The number of carbonyl (C=O) groups is 1. The van der Waals surface area contributed by atoms with Gasteiger partial charge in [-0.15, -0.1) is 0 Å². The van der Waals surface area contributed by atoms with Crippen LogP contribution in [0.4, 0.5) is 0 Å².